The first kappa shape index (κ1) is 19.2. The van der Waals surface area contributed by atoms with Crippen LogP contribution in [-0.4, -0.2) is 35.1 Å². The Labute approximate surface area is 161 Å². The van der Waals surface area contributed by atoms with Gasteiger partial charge in [-0.15, -0.1) is 24.0 Å². The summed E-state index contributed by atoms with van der Waals surface area (Å²) < 4.78 is 0. The van der Waals surface area contributed by atoms with Crippen molar-refractivity contribution >= 4 is 35.9 Å². The second-order valence-electron chi connectivity index (χ2n) is 6.68. The van der Waals surface area contributed by atoms with Crippen LogP contribution in [0, 0.1) is 6.92 Å². The number of hydrogen-bond acceptors (Lipinski definition) is 4. The van der Waals surface area contributed by atoms with Crippen molar-refractivity contribution in [3.05, 3.63) is 17.5 Å². The van der Waals surface area contributed by atoms with Gasteiger partial charge in [-0.1, -0.05) is 19.3 Å². The van der Waals surface area contributed by atoms with Gasteiger partial charge in [-0.3, -0.25) is 0 Å². The van der Waals surface area contributed by atoms with E-state index in [-0.39, 0.29) is 24.0 Å². The molecule has 1 aromatic rings. The van der Waals surface area contributed by atoms with Crippen molar-refractivity contribution in [2.75, 3.05) is 18.0 Å². The van der Waals surface area contributed by atoms with E-state index in [1.54, 1.807) is 0 Å². The highest BCUT2D eigenvalue weighted by molar-refractivity contribution is 14.0. The summed E-state index contributed by atoms with van der Waals surface area (Å²) in [6, 6.07) is 2.48. The van der Waals surface area contributed by atoms with Crippen LogP contribution in [-0.2, 0) is 6.54 Å². The minimum atomic E-state index is 0. The normalized spacial score (nSPS) is 19.2. The first-order valence-corrected chi connectivity index (χ1v) is 8.87. The fourth-order valence-electron chi connectivity index (χ4n) is 3.42. The largest absolute Gasteiger partial charge is 0.370 e. The van der Waals surface area contributed by atoms with Crippen LogP contribution >= 0.6 is 24.0 Å². The van der Waals surface area contributed by atoms with E-state index in [4.69, 9.17) is 5.73 Å². The number of aryl methyl sites for hydroxylation is 1. The van der Waals surface area contributed by atoms with Crippen molar-refractivity contribution < 1.29 is 0 Å². The molecule has 1 saturated heterocycles. The van der Waals surface area contributed by atoms with Crippen molar-refractivity contribution in [2.45, 2.75) is 64.5 Å². The Bertz CT molecular complexity index is 550. The van der Waals surface area contributed by atoms with E-state index in [1.165, 1.54) is 44.9 Å². The molecule has 0 atom stereocenters. The SMILES string of the molecule is Cc1cc(CN=C(N)NC2CCCCC2)nc(N2CCCC2)n1.I. The van der Waals surface area contributed by atoms with Crippen LogP contribution in [0.4, 0.5) is 5.95 Å². The summed E-state index contributed by atoms with van der Waals surface area (Å²) in [7, 11) is 0. The molecule has 0 radical (unpaired) electrons. The maximum Gasteiger partial charge on any atom is 0.225 e. The molecule has 1 saturated carbocycles. The van der Waals surface area contributed by atoms with Crippen molar-refractivity contribution in [3.8, 4) is 0 Å². The molecule has 0 aromatic carbocycles. The Balaban J connectivity index is 0.00000208. The number of nitrogens with two attached hydrogens (primary N) is 1. The molecule has 2 fully saturated rings. The van der Waals surface area contributed by atoms with E-state index in [0.29, 0.717) is 18.5 Å². The number of nitrogens with zero attached hydrogens (tertiary/aromatic N) is 4. The van der Waals surface area contributed by atoms with Gasteiger partial charge >= 0.3 is 0 Å². The maximum absolute atomic E-state index is 6.04. The summed E-state index contributed by atoms with van der Waals surface area (Å²) >= 11 is 0. The molecule has 2 heterocycles. The fraction of sp³-hybridized carbons (Fsp3) is 0.706. The van der Waals surface area contributed by atoms with E-state index in [1.807, 2.05) is 13.0 Å². The van der Waals surface area contributed by atoms with Crippen molar-refractivity contribution in [3.63, 3.8) is 0 Å². The molecule has 6 nitrogen and oxygen atoms in total. The summed E-state index contributed by atoms with van der Waals surface area (Å²) in [6.07, 6.45) is 8.76. The monoisotopic (exact) mass is 444 g/mol. The zero-order chi connectivity index (χ0) is 16.1. The molecule has 0 amide bonds. The highest BCUT2D eigenvalue weighted by atomic mass is 127. The van der Waals surface area contributed by atoms with Crippen LogP contribution in [0.15, 0.2) is 11.1 Å². The van der Waals surface area contributed by atoms with Crippen LogP contribution in [0.5, 0.6) is 0 Å². The number of nitrogens with one attached hydrogen (secondary N) is 1. The highest BCUT2D eigenvalue weighted by Gasteiger charge is 2.16. The van der Waals surface area contributed by atoms with Gasteiger partial charge in [0.15, 0.2) is 5.96 Å². The fourth-order valence-corrected chi connectivity index (χ4v) is 3.42. The molecule has 24 heavy (non-hydrogen) atoms. The quantitative estimate of drug-likeness (QED) is 0.424. The average Bonchev–Trinajstić information content (AvgIpc) is 3.08. The third kappa shape index (κ3) is 5.46. The predicted octanol–water partition coefficient (Wildman–Crippen LogP) is 2.74. The minimum absolute atomic E-state index is 0. The second-order valence-corrected chi connectivity index (χ2v) is 6.68. The van der Waals surface area contributed by atoms with E-state index >= 15 is 0 Å². The Hall–Kier alpha value is -1.12. The lowest BCUT2D eigenvalue weighted by molar-refractivity contribution is 0.412. The standard InChI is InChI=1S/C17H28N6.HI/c1-13-11-15(22-17(20-13)23-9-5-6-10-23)12-19-16(18)21-14-7-3-2-4-8-14;/h11,14H,2-10,12H2,1H3,(H3,18,19,21);1H. The van der Waals surface area contributed by atoms with Gasteiger partial charge in [0.2, 0.25) is 5.95 Å². The Morgan fingerprint density at radius 2 is 1.92 bits per heavy atom. The zero-order valence-electron chi connectivity index (χ0n) is 14.5. The molecule has 134 valence electrons. The summed E-state index contributed by atoms with van der Waals surface area (Å²) in [5, 5.41) is 3.35. The van der Waals surface area contributed by atoms with Gasteiger partial charge in [-0.05, 0) is 38.7 Å². The Morgan fingerprint density at radius 1 is 1.21 bits per heavy atom. The third-order valence-corrected chi connectivity index (χ3v) is 4.65. The molecule has 3 N–H and O–H groups in total. The van der Waals surface area contributed by atoms with Crippen LogP contribution in [0.3, 0.4) is 0 Å². The van der Waals surface area contributed by atoms with Gasteiger partial charge < -0.3 is 16.0 Å². The van der Waals surface area contributed by atoms with E-state index < -0.39 is 0 Å². The molecule has 1 aliphatic carbocycles. The van der Waals surface area contributed by atoms with Crippen molar-refractivity contribution in [1.82, 2.24) is 15.3 Å². The lowest BCUT2D eigenvalue weighted by Gasteiger charge is -2.23. The molecule has 0 spiro atoms. The number of anilines is 1. The van der Waals surface area contributed by atoms with Gasteiger partial charge in [0.1, 0.15) is 0 Å². The van der Waals surface area contributed by atoms with Gasteiger partial charge in [0.05, 0.1) is 12.2 Å². The number of guanidine groups is 1. The van der Waals surface area contributed by atoms with Crippen LogP contribution < -0.4 is 16.0 Å². The minimum Gasteiger partial charge on any atom is -0.370 e. The number of rotatable bonds is 4. The molecule has 2 aliphatic rings. The lowest BCUT2D eigenvalue weighted by Crippen LogP contribution is -2.41. The second kappa shape index (κ2) is 9.39. The van der Waals surface area contributed by atoms with Crippen LogP contribution in [0.25, 0.3) is 0 Å². The molecule has 0 unspecified atom stereocenters. The summed E-state index contributed by atoms with van der Waals surface area (Å²) in [6.45, 7) is 4.63. The molecule has 1 aliphatic heterocycles. The first-order valence-electron chi connectivity index (χ1n) is 8.87. The number of aliphatic imine (C=N–C) groups is 1. The highest BCUT2D eigenvalue weighted by Crippen LogP contribution is 2.18. The maximum atomic E-state index is 6.04. The molecule has 3 rings (SSSR count). The summed E-state index contributed by atoms with van der Waals surface area (Å²) in [5.41, 5.74) is 7.97. The Kier molecular flexibility index (Phi) is 7.51. The smallest absolute Gasteiger partial charge is 0.225 e. The molecular formula is C17H29IN6. The topological polar surface area (TPSA) is 79.4 Å². The molecule has 1 aromatic heterocycles. The molecule has 7 heteroatoms. The van der Waals surface area contributed by atoms with Crippen molar-refractivity contribution in [1.29, 1.82) is 0 Å². The van der Waals surface area contributed by atoms with E-state index in [0.717, 1.165) is 30.4 Å². The number of hydrogen-bond donors (Lipinski definition) is 2. The average molecular weight is 444 g/mol. The van der Waals surface area contributed by atoms with Gasteiger partial charge in [-0.25, -0.2) is 15.0 Å². The third-order valence-electron chi connectivity index (χ3n) is 4.65. The van der Waals surface area contributed by atoms with Gasteiger partial charge in [0.25, 0.3) is 0 Å². The lowest BCUT2D eigenvalue weighted by atomic mass is 9.96. The van der Waals surface area contributed by atoms with Gasteiger partial charge in [0, 0.05) is 24.8 Å². The summed E-state index contributed by atoms with van der Waals surface area (Å²) in [5.74, 6) is 1.38. The Morgan fingerprint density at radius 3 is 2.62 bits per heavy atom. The van der Waals surface area contributed by atoms with Crippen LogP contribution in [0.1, 0.15) is 56.3 Å². The first-order chi connectivity index (χ1) is 11.2. The van der Waals surface area contributed by atoms with E-state index in [2.05, 4.69) is 25.2 Å². The van der Waals surface area contributed by atoms with Crippen LogP contribution in [0.2, 0.25) is 0 Å². The predicted molar refractivity (Wildman–Crippen MR) is 109 cm³/mol. The van der Waals surface area contributed by atoms with Gasteiger partial charge in [-0.2, -0.15) is 0 Å². The molecular weight excluding hydrogens is 415 g/mol. The van der Waals surface area contributed by atoms with E-state index in [9.17, 15) is 0 Å². The summed E-state index contributed by atoms with van der Waals surface area (Å²) in [4.78, 5) is 15.9. The number of halogens is 1. The molecule has 0 bridgehead atoms. The zero-order valence-corrected chi connectivity index (χ0v) is 16.8. The number of aromatic nitrogens is 2. The van der Waals surface area contributed by atoms with Crippen molar-refractivity contribution in [2.24, 2.45) is 10.7 Å².